The Morgan fingerprint density at radius 2 is 2.29 bits per heavy atom. The Morgan fingerprint density at radius 3 is 2.94 bits per heavy atom. The van der Waals surface area contributed by atoms with Crippen LogP contribution in [0.1, 0.15) is 34.7 Å². The van der Waals surface area contributed by atoms with Gasteiger partial charge in [-0.05, 0) is 52.4 Å². The molecular formula is C12H10BrNO2S. The van der Waals surface area contributed by atoms with Crippen molar-refractivity contribution < 1.29 is 9.53 Å². The van der Waals surface area contributed by atoms with Crippen LogP contribution in [0.25, 0.3) is 10.2 Å². The largest absolute Gasteiger partial charge is 0.465 e. The van der Waals surface area contributed by atoms with Crippen molar-refractivity contribution in [1.82, 2.24) is 4.98 Å². The molecule has 1 heterocycles. The molecule has 2 aromatic rings. The van der Waals surface area contributed by atoms with Gasteiger partial charge in [-0.25, -0.2) is 9.78 Å². The third-order valence-electron chi connectivity index (χ3n) is 2.94. The number of nitrogens with zero attached hydrogens (tertiary/aromatic N) is 1. The maximum absolute atomic E-state index is 11.6. The summed E-state index contributed by atoms with van der Waals surface area (Å²) >= 11 is 4.95. The van der Waals surface area contributed by atoms with E-state index in [1.165, 1.54) is 25.5 Å². The van der Waals surface area contributed by atoms with Crippen LogP contribution in [-0.2, 0) is 4.74 Å². The van der Waals surface area contributed by atoms with E-state index in [9.17, 15) is 4.79 Å². The van der Waals surface area contributed by atoms with Gasteiger partial charge in [-0.2, -0.15) is 0 Å². The first kappa shape index (κ1) is 11.2. The van der Waals surface area contributed by atoms with Gasteiger partial charge in [0.05, 0.1) is 22.9 Å². The second kappa shape index (κ2) is 4.07. The number of carbonyl (C=O) groups excluding carboxylic acids is 1. The van der Waals surface area contributed by atoms with Crippen LogP contribution in [0.2, 0.25) is 0 Å². The fraction of sp³-hybridized carbons (Fsp3) is 0.333. The highest BCUT2D eigenvalue weighted by Gasteiger charge is 2.28. The normalized spacial score (nSPS) is 15.2. The molecule has 0 aliphatic heterocycles. The summed E-state index contributed by atoms with van der Waals surface area (Å²) in [5, 5.41) is 0. The first-order valence-corrected chi connectivity index (χ1v) is 6.98. The van der Waals surface area contributed by atoms with Gasteiger partial charge in [0, 0.05) is 0 Å². The van der Waals surface area contributed by atoms with Crippen LogP contribution in [0.15, 0.2) is 16.0 Å². The van der Waals surface area contributed by atoms with E-state index < -0.39 is 0 Å². The summed E-state index contributed by atoms with van der Waals surface area (Å²) in [5.74, 6) is 0.287. The Bertz CT molecular complexity index is 604. The molecule has 0 radical (unpaired) electrons. The molecule has 1 aliphatic rings. The molecular weight excluding hydrogens is 302 g/mol. The SMILES string of the molecule is COC(=O)c1cc(C2CC2)c2nc(Br)sc2c1. The summed E-state index contributed by atoms with van der Waals surface area (Å²) < 4.78 is 6.68. The number of esters is 1. The molecule has 1 aliphatic carbocycles. The molecule has 1 saturated carbocycles. The van der Waals surface area contributed by atoms with Crippen molar-refractivity contribution >= 4 is 43.5 Å². The van der Waals surface area contributed by atoms with Gasteiger partial charge in [-0.1, -0.05) is 0 Å². The number of benzene rings is 1. The van der Waals surface area contributed by atoms with E-state index in [2.05, 4.69) is 20.9 Å². The van der Waals surface area contributed by atoms with Gasteiger partial charge in [-0.15, -0.1) is 11.3 Å². The molecule has 1 aromatic carbocycles. The van der Waals surface area contributed by atoms with Gasteiger partial charge in [-0.3, -0.25) is 0 Å². The summed E-state index contributed by atoms with van der Waals surface area (Å²) in [6.07, 6.45) is 2.38. The van der Waals surface area contributed by atoms with Crippen LogP contribution < -0.4 is 0 Å². The van der Waals surface area contributed by atoms with Gasteiger partial charge in [0.15, 0.2) is 3.92 Å². The first-order valence-electron chi connectivity index (χ1n) is 5.37. The average molecular weight is 312 g/mol. The zero-order valence-electron chi connectivity index (χ0n) is 9.20. The minimum atomic E-state index is -0.279. The summed E-state index contributed by atoms with van der Waals surface area (Å²) in [4.78, 5) is 16.1. The van der Waals surface area contributed by atoms with Gasteiger partial charge >= 0.3 is 5.97 Å². The molecule has 1 aromatic heterocycles. The molecule has 88 valence electrons. The van der Waals surface area contributed by atoms with Gasteiger partial charge in [0.25, 0.3) is 0 Å². The Balaban J connectivity index is 2.22. The topological polar surface area (TPSA) is 39.2 Å². The van der Waals surface area contributed by atoms with Gasteiger partial charge < -0.3 is 4.74 Å². The van der Waals surface area contributed by atoms with E-state index in [4.69, 9.17) is 4.74 Å². The maximum atomic E-state index is 11.6. The Kier molecular flexibility index (Phi) is 2.67. The zero-order chi connectivity index (χ0) is 12.0. The summed E-state index contributed by atoms with van der Waals surface area (Å²) in [6, 6.07) is 3.79. The summed E-state index contributed by atoms with van der Waals surface area (Å²) in [7, 11) is 1.41. The fourth-order valence-electron chi connectivity index (χ4n) is 1.97. The number of hydrogen-bond donors (Lipinski definition) is 0. The van der Waals surface area contributed by atoms with E-state index in [0.29, 0.717) is 11.5 Å². The predicted molar refractivity (Wildman–Crippen MR) is 70.6 cm³/mol. The number of fused-ring (bicyclic) bond motifs is 1. The van der Waals surface area contributed by atoms with Crippen molar-refractivity contribution in [2.45, 2.75) is 18.8 Å². The third-order valence-corrected chi connectivity index (χ3v) is 4.39. The lowest BCUT2D eigenvalue weighted by atomic mass is 10.1. The standard InChI is InChI=1S/C12H10BrNO2S/c1-16-11(15)7-4-8(6-2-3-6)10-9(5-7)17-12(13)14-10/h4-6H,2-3H2,1H3. The molecule has 0 amide bonds. The fourth-order valence-corrected chi connectivity index (χ4v) is 3.43. The number of hydrogen-bond acceptors (Lipinski definition) is 4. The number of methoxy groups -OCH3 is 1. The van der Waals surface area contributed by atoms with Crippen molar-refractivity contribution in [3.05, 3.63) is 27.2 Å². The maximum Gasteiger partial charge on any atom is 0.337 e. The highest BCUT2D eigenvalue weighted by Crippen LogP contribution is 2.44. The molecule has 5 heteroatoms. The molecule has 0 spiro atoms. The lowest BCUT2D eigenvalue weighted by Crippen LogP contribution is -2.01. The van der Waals surface area contributed by atoms with E-state index in [1.807, 2.05) is 12.1 Å². The van der Waals surface area contributed by atoms with E-state index >= 15 is 0 Å². The molecule has 17 heavy (non-hydrogen) atoms. The molecule has 0 N–H and O–H groups in total. The smallest absolute Gasteiger partial charge is 0.337 e. The minimum Gasteiger partial charge on any atom is -0.465 e. The van der Waals surface area contributed by atoms with Crippen molar-refractivity contribution in [1.29, 1.82) is 0 Å². The Hall–Kier alpha value is -0.940. The highest BCUT2D eigenvalue weighted by molar-refractivity contribution is 9.11. The number of thiazole rings is 1. The van der Waals surface area contributed by atoms with Gasteiger partial charge in [0.1, 0.15) is 0 Å². The Morgan fingerprint density at radius 1 is 1.53 bits per heavy atom. The van der Waals surface area contributed by atoms with E-state index in [1.54, 1.807) is 11.3 Å². The molecule has 1 fully saturated rings. The molecule has 3 rings (SSSR count). The molecule has 0 unspecified atom stereocenters. The van der Waals surface area contributed by atoms with Crippen molar-refractivity contribution in [3.8, 4) is 0 Å². The van der Waals surface area contributed by atoms with E-state index in [-0.39, 0.29) is 5.97 Å². The number of rotatable bonds is 2. The number of ether oxygens (including phenoxy) is 1. The molecule has 0 bridgehead atoms. The Labute approximate surface area is 111 Å². The second-order valence-electron chi connectivity index (χ2n) is 4.14. The average Bonchev–Trinajstić information content (AvgIpc) is 3.08. The van der Waals surface area contributed by atoms with Crippen LogP contribution in [0.3, 0.4) is 0 Å². The summed E-state index contributed by atoms with van der Waals surface area (Å²) in [6.45, 7) is 0. The quantitative estimate of drug-likeness (QED) is 0.793. The van der Waals surface area contributed by atoms with Gasteiger partial charge in [0.2, 0.25) is 0 Å². The molecule has 0 atom stereocenters. The zero-order valence-corrected chi connectivity index (χ0v) is 11.6. The van der Waals surface area contributed by atoms with Crippen molar-refractivity contribution in [3.63, 3.8) is 0 Å². The number of carbonyl (C=O) groups is 1. The minimum absolute atomic E-state index is 0.279. The lowest BCUT2D eigenvalue weighted by Gasteiger charge is -2.04. The van der Waals surface area contributed by atoms with Crippen molar-refractivity contribution in [2.24, 2.45) is 0 Å². The second-order valence-corrected chi connectivity index (χ2v) is 6.45. The summed E-state index contributed by atoms with van der Waals surface area (Å²) in [5.41, 5.74) is 2.83. The third kappa shape index (κ3) is 1.98. The monoisotopic (exact) mass is 311 g/mol. The van der Waals surface area contributed by atoms with Crippen LogP contribution in [-0.4, -0.2) is 18.1 Å². The van der Waals surface area contributed by atoms with Crippen molar-refractivity contribution in [2.75, 3.05) is 7.11 Å². The first-order chi connectivity index (χ1) is 8.19. The predicted octanol–water partition coefficient (Wildman–Crippen LogP) is 3.72. The van der Waals surface area contributed by atoms with Crippen LogP contribution in [0.5, 0.6) is 0 Å². The number of aromatic nitrogens is 1. The van der Waals surface area contributed by atoms with Crippen LogP contribution in [0.4, 0.5) is 0 Å². The lowest BCUT2D eigenvalue weighted by molar-refractivity contribution is 0.0601. The van der Waals surface area contributed by atoms with E-state index in [0.717, 1.165) is 14.1 Å². The highest BCUT2D eigenvalue weighted by atomic mass is 79.9. The van der Waals surface area contributed by atoms with Crippen LogP contribution >= 0.6 is 27.3 Å². The van der Waals surface area contributed by atoms with Crippen LogP contribution in [0, 0.1) is 0 Å². The number of halogens is 1. The molecule has 3 nitrogen and oxygen atoms in total. The molecule has 0 saturated heterocycles.